The Labute approximate surface area is 116 Å². The van der Waals surface area contributed by atoms with Gasteiger partial charge in [-0.25, -0.2) is 4.39 Å². The van der Waals surface area contributed by atoms with E-state index in [0.29, 0.717) is 19.8 Å². The number of hydrogen-bond acceptors (Lipinski definition) is 3. The molecular weight excluding hydrogens is 263 g/mol. The van der Waals surface area contributed by atoms with Crippen LogP contribution in [0.2, 0.25) is 0 Å². The average Bonchev–Trinajstić information content (AvgIpc) is 2.38. The van der Waals surface area contributed by atoms with Gasteiger partial charge in [0.15, 0.2) is 0 Å². The van der Waals surface area contributed by atoms with Crippen LogP contribution in [-0.2, 0) is 13.3 Å². The lowest BCUT2D eigenvalue weighted by molar-refractivity contribution is 0.0633. The molecule has 0 bridgehead atoms. The Balaban J connectivity index is 3.07. The molecule has 0 N–H and O–H groups in total. The molecule has 0 aliphatic carbocycles. The maximum atomic E-state index is 13.4. The molecule has 0 unspecified atom stereocenters. The summed E-state index contributed by atoms with van der Waals surface area (Å²) in [6.45, 7) is 9.28. The Kier molecular flexibility index (Phi) is 6.64. The first-order chi connectivity index (χ1) is 9.09. The van der Waals surface area contributed by atoms with Gasteiger partial charge < -0.3 is 13.3 Å². The molecule has 0 aliphatic heterocycles. The van der Waals surface area contributed by atoms with E-state index in [-0.39, 0.29) is 11.4 Å². The van der Waals surface area contributed by atoms with E-state index in [1.165, 1.54) is 12.1 Å². The molecule has 0 fully saturated rings. The molecule has 0 spiro atoms. The highest BCUT2D eigenvalue weighted by molar-refractivity contribution is 6.62. The standard InChI is InChI=1S/C14H23FO3Si/c1-5-16-19(17-6-2,18-7-3)12(4)13-9-8-10-14(15)11-13/h8-12H,5-7H2,1-4H3/t12-/m0/s1. The van der Waals surface area contributed by atoms with Crippen LogP contribution in [0.3, 0.4) is 0 Å². The molecule has 0 heterocycles. The van der Waals surface area contributed by atoms with Crippen LogP contribution in [0.5, 0.6) is 0 Å². The van der Waals surface area contributed by atoms with Gasteiger partial charge in [-0.15, -0.1) is 0 Å². The first-order valence-electron chi connectivity index (χ1n) is 6.76. The SMILES string of the molecule is CCO[Si](OCC)(OCC)[C@@H](C)c1cccc(F)c1. The van der Waals surface area contributed by atoms with E-state index in [0.717, 1.165) is 5.56 Å². The monoisotopic (exact) mass is 286 g/mol. The zero-order valence-electron chi connectivity index (χ0n) is 12.1. The van der Waals surface area contributed by atoms with Crippen LogP contribution in [0.4, 0.5) is 4.39 Å². The molecule has 1 aromatic rings. The van der Waals surface area contributed by atoms with Gasteiger partial charge in [-0.1, -0.05) is 19.1 Å². The van der Waals surface area contributed by atoms with Crippen molar-refractivity contribution in [3.63, 3.8) is 0 Å². The smallest absolute Gasteiger partial charge is 0.373 e. The third kappa shape index (κ3) is 4.11. The average molecular weight is 286 g/mol. The topological polar surface area (TPSA) is 27.7 Å². The van der Waals surface area contributed by atoms with E-state index < -0.39 is 8.80 Å². The van der Waals surface area contributed by atoms with Crippen LogP contribution in [-0.4, -0.2) is 28.6 Å². The summed E-state index contributed by atoms with van der Waals surface area (Å²) in [5.74, 6) is -0.253. The number of benzene rings is 1. The van der Waals surface area contributed by atoms with Gasteiger partial charge in [0.05, 0.1) is 5.54 Å². The van der Waals surface area contributed by atoms with Gasteiger partial charge in [0.1, 0.15) is 5.82 Å². The molecule has 108 valence electrons. The summed E-state index contributed by atoms with van der Waals surface area (Å²) >= 11 is 0. The predicted molar refractivity (Wildman–Crippen MR) is 75.4 cm³/mol. The van der Waals surface area contributed by atoms with Gasteiger partial charge in [0.2, 0.25) is 0 Å². The molecule has 1 aromatic carbocycles. The Morgan fingerprint density at radius 3 is 2.00 bits per heavy atom. The molecule has 0 aliphatic rings. The van der Waals surface area contributed by atoms with E-state index in [4.69, 9.17) is 13.3 Å². The van der Waals surface area contributed by atoms with Gasteiger partial charge in [-0.2, -0.15) is 0 Å². The fourth-order valence-corrected chi connectivity index (χ4v) is 4.88. The van der Waals surface area contributed by atoms with Crippen LogP contribution in [0.15, 0.2) is 24.3 Å². The molecule has 19 heavy (non-hydrogen) atoms. The largest absolute Gasteiger partial charge is 0.508 e. The van der Waals surface area contributed by atoms with E-state index in [1.807, 2.05) is 33.8 Å². The second-order valence-electron chi connectivity index (χ2n) is 4.18. The first-order valence-corrected chi connectivity index (χ1v) is 8.57. The Hall–Kier alpha value is -0.753. The predicted octanol–water partition coefficient (Wildman–Crippen LogP) is 3.52. The maximum absolute atomic E-state index is 13.4. The summed E-state index contributed by atoms with van der Waals surface area (Å²) in [7, 11) is -2.83. The molecule has 0 saturated carbocycles. The van der Waals surface area contributed by atoms with Crippen LogP contribution in [0, 0.1) is 5.82 Å². The summed E-state index contributed by atoms with van der Waals surface area (Å²) in [5.41, 5.74) is 0.755. The maximum Gasteiger partial charge on any atom is 0.508 e. The molecule has 1 atom stereocenters. The molecule has 0 saturated heterocycles. The van der Waals surface area contributed by atoms with E-state index in [9.17, 15) is 4.39 Å². The summed E-state index contributed by atoms with van der Waals surface area (Å²) in [6, 6.07) is 6.53. The summed E-state index contributed by atoms with van der Waals surface area (Å²) in [5, 5.41) is 0. The first kappa shape index (κ1) is 16.3. The number of halogens is 1. The second kappa shape index (κ2) is 7.74. The molecule has 1 rings (SSSR count). The molecule has 0 amide bonds. The van der Waals surface area contributed by atoms with Crippen molar-refractivity contribution in [2.75, 3.05) is 19.8 Å². The van der Waals surface area contributed by atoms with Gasteiger partial charge in [-0.3, -0.25) is 0 Å². The third-order valence-corrected chi connectivity index (χ3v) is 6.38. The minimum Gasteiger partial charge on any atom is -0.373 e. The van der Waals surface area contributed by atoms with Crippen LogP contribution >= 0.6 is 0 Å². The van der Waals surface area contributed by atoms with Crippen molar-refractivity contribution in [1.29, 1.82) is 0 Å². The fourth-order valence-electron chi connectivity index (χ4n) is 2.08. The van der Waals surface area contributed by atoms with E-state index in [1.54, 1.807) is 6.07 Å². The number of hydrogen-bond donors (Lipinski definition) is 0. The van der Waals surface area contributed by atoms with E-state index in [2.05, 4.69) is 0 Å². The van der Waals surface area contributed by atoms with Crippen LogP contribution < -0.4 is 0 Å². The third-order valence-electron chi connectivity index (χ3n) is 2.92. The zero-order valence-corrected chi connectivity index (χ0v) is 13.1. The summed E-state index contributed by atoms with van der Waals surface area (Å²) in [4.78, 5) is 0. The fraction of sp³-hybridized carbons (Fsp3) is 0.571. The lowest BCUT2D eigenvalue weighted by Crippen LogP contribution is -2.51. The highest BCUT2D eigenvalue weighted by Crippen LogP contribution is 2.30. The van der Waals surface area contributed by atoms with Crippen molar-refractivity contribution in [3.8, 4) is 0 Å². The molecule has 5 heteroatoms. The van der Waals surface area contributed by atoms with Gasteiger partial charge in [0, 0.05) is 19.8 Å². The Morgan fingerprint density at radius 1 is 1.05 bits per heavy atom. The highest BCUT2D eigenvalue weighted by Gasteiger charge is 2.47. The minimum atomic E-state index is -2.83. The molecule has 0 radical (unpaired) electrons. The Morgan fingerprint density at radius 2 is 1.58 bits per heavy atom. The normalized spacial score (nSPS) is 13.5. The van der Waals surface area contributed by atoms with Crippen LogP contribution in [0.1, 0.15) is 38.8 Å². The van der Waals surface area contributed by atoms with Gasteiger partial charge >= 0.3 is 8.80 Å². The molecule has 0 aromatic heterocycles. The quantitative estimate of drug-likeness (QED) is 0.684. The van der Waals surface area contributed by atoms with Crippen molar-refractivity contribution >= 4 is 8.80 Å². The van der Waals surface area contributed by atoms with Crippen LogP contribution in [0.25, 0.3) is 0 Å². The van der Waals surface area contributed by atoms with Crippen molar-refractivity contribution in [2.24, 2.45) is 0 Å². The minimum absolute atomic E-state index is 0.0944. The van der Waals surface area contributed by atoms with Gasteiger partial charge in [0.25, 0.3) is 0 Å². The Bertz CT molecular complexity index is 370. The lowest BCUT2D eigenvalue weighted by Gasteiger charge is -2.33. The molecule has 3 nitrogen and oxygen atoms in total. The second-order valence-corrected chi connectivity index (χ2v) is 7.12. The zero-order chi connectivity index (χ0) is 14.3. The molecular formula is C14H23FO3Si. The summed E-state index contributed by atoms with van der Waals surface area (Å²) in [6.07, 6.45) is 0. The highest BCUT2D eigenvalue weighted by atomic mass is 28.4. The van der Waals surface area contributed by atoms with Crippen molar-refractivity contribution in [3.05, 3.63) is 35.6 Å². The van der Waals surface area contributed by atoms with Crippen molar-refractivity contribution in [2.45, 2.75) is 33.2 Å². The van der Waals surface area contributed by atoms with E-state index >= 15 is 0 Å². The van der Waals surface area contributed by atoms with Crippen molar-refractivity contribution < 1.29 is 17.7 Å². The number of rotatable bonds is 8. The van der Waals surface area contributed by atoms with Crippen molar-refractivity contribution in [1.82, 2.24) is 0 Å². The summed E-state index contributed by atoms with van der Waals surface area (Å²) < 4.78 is 30.9. The lowest BCUT2D eigenvalue weighted by atomic mass is 10.2. The van der Waals surface area contributed by atoms with Gasteiger partial charge in [-0.05, 0) is 38.5 Å².